The summed E-state index contributed by atoms with van der Waals surface area (Å²) in [5, 5.41) is 3.90. The second kappa shape index (κ2) is 4.39. The molecule has 14 heavy (non-hydrogen) atoms. The molecule has 0 amide bonds. The average molecular weight is 204 g/mol. The van der Waals surface area contributed by atoms with Gasteiger partial charge in [-0.25, -0.2) is 8.78 Å². The molecule has 0 spiro atoms. The van der Waals surface area contributed by atoms with Crippen LogP contribution in [0, 0.1) is 0 Å². The predicted octanol–water partition coefficient (Wildman–Crippen LogP) is 2.28. The van der Waals surface area contributed by atoms with E-state index < -0.39 is 6.43 Å². The van der Waals surface area contributed by atoms with E-state index in [-0.39, 0.29) is 12.5 Å². The van der Waals surface area contributed by atoms with Crippen molar-refractivity contribution in [2.75, 3.05) is 7.11 Å². The highest BCUT2D eigenvalue weighted by Crippen LogP contribution is 2.24. The van der Waals surface area contributed by atoms with Gasteiger partial charge in [0.25, 0.3) is 6.43 Å². The first kappa shape index (κ1) is 10.9. The maximum atomic E-state index is 12.1. The molecule has 5 heteroatoms. The summed E-state index contributed by atoms with van der Waals surface area (Å²) in [5.74, 6) is 0.650. The molecule has 0 aromatic carbocycles. The molecular formula is C9H14F2N2O. The van der Waals surface area contributed by atoms with Crippen LogP contribution in [0.15, 0.2) is 6.20 Å². The van der Waals surface area contributed by atoms with Gasteiger partial charge in [0, 0.05) is 11.8 Å². The van der Waals surface area contributed by atoms with Gasteiger partial charge in [-0.3, -0.25) is 4.68 Å². The number of ether oxygens (including phenoxy) is 1. The molecule has 80 valence electrons. The quantitative estimate of drug-likeness (QED) is 0.752. The van der Waals surface area contributed by atoms with Gasteiger partial charge in [-0.05, 0) is 5.92 Å². The van der Waals surface area contributed by atoms with Gasteiger partial charge >= 0.3 is 0 Å². The SMILES string of the molecule is COc1nn(CC(F)F)cc1C(C)C. The monoisotopic (exact) mass is 204 g/mol. The lowest BCUT2D eigenvalue weighted by molar-refractivity contribution is 0.121. The molecule has 0 radical (unpaired) electrons. The van der Waals surface area contributed by atoms with E-state index in [1.54, 1.807) is 6.20 Å². The summed E-state index contributed by atoms with van der Waals surface area (Å²) in [6.45, 7) is 3.54. The number of halogens is 2. The van der Waals surface area contributed by atoms with Gasteiger partial charge in [0.2, 0.25) is 5.88 Å². The standard InChI is InChI=1S/C9H14F2N2O/c1-6(2)7-4-13(5-8(10)11)12-9(7)14-3/h4,6,8H,5H2,1-3H3. The molecule has 0 saturated heterocycles. The van der Waals surface area contributed by atoms with Crippen LogP contribution in [0.25, 0.3) is 0 Å². The van der Waals surface area contributed by atoms with Crippen molar-refractivity contribution >= 4 is 0 Å². The van der Waals surface area contributed by atoms with Crippen LogP contribution in [0.1, 0.15) is 25.3 Å². The third-order valence-corrected chi connectivity index (χ3v) is 1.89. The molecule has 0 atom stereocenters. The van der Waals surface area contributed by atoms with Crippen LogP contribution >= 0.6 is 0 Å². The average Bonchev–Trinajstić information content (AvgIpc) is 2.46. The Kier molecular flexibility index (Phi) is 3.43. The Labute approximate surface area is 81.7 Å². The smallest absolute Gasteiger partial charge is 0.257 e. The van der Waals surface area contributed by atoms with Gasteiger partial charge in [0.15, 0.2) is 0 Å². The van der Waals surface area contributed by atoms with Crippen molar-refractivity contribution in [1.82, 2.24) is 9.78 Å². The number of rotatable bonds is 4. The normalized spacial score (nSPS) is 11.4. The zero-order valence-electron chi connectivity index (χ0n) is 8.50. The van der Waals surface area contributed by atoms with E-state index in [0.717, 1.165) is 5.56 Å². The molecule has 0 bridgehead atoms. The summed E-state index contributed by atoms with van der Waals surface area (Å²) in [5.41, 5.74) is 0.855. The second-order valence-electron chi connectivity index (χ2n) is 3.36. The highest BCUT2D eigenvalue weighted by atomic mass is 19.3. The third-order valence-electron chi connectivity index (χ3n) is 1.89. The summed E-state index contributed by atoms with van der Waals surface area (Å²) in [4.78, 5) is 0. The van der Waals surface area contributed by atoms with Crippen LogP contribution in [0.5, 0.6) is 5.88 Å². The summed E-state index contributed by atoms with van der Waals surface area (Å²) in [6, 6.07) is 0. The van der Waals surface area contributed by atoms with Gasteiger partial charge in [0.1, 0.15) is 6.54 Å². The van der Waals surface area contributed by atoms with Crippen LogP contribution in [0.2, 0.25) is 0 Å². The van der Waals surface area contributed by atoms with E-state index in [9.17, 15) is 8.78 Å². The molecule has 1 aromatic heterocycles. The highest BCUT2D eigenvalue weighted by Gasteiger charge is 2.14. The Morgan fingerprint density at radius 2 is 2.14 bits per heavy atom. The van der Waals surface area contributed by atoms with Crippen LogP contribution in [0.3, 0.4) is 0 Å². The summed E-state index contributed by atoms with van der Waals surface area (Å²) >= 11 is 0. The van der Waals surface area contributed by atoms with E-state index in [1.807, 2.05) is 13.8 Å². The van der Waals surface area contributed by atoms with E-state index >= 15 is 0 Å². The maximum Gasteiger partial charge on any atom is 0.257 e. The van der Waals surface area contributed by atoms with E-state index in [4.69, 9.17) is 4.74 Å². The topological polar surface area (TPSA) is 27.1 Å². The molecule has 0 saturated carbocycles. The van der Waals surface area contributed by atoms with E-state index in [1.165, 1.54) is 11.8 Å². The second-order valence-corrected chi connectivity index (χ2v) is 3.36. The van der Waals surface area contributed by atoms with Crippen molar-refractivity contribution in [3.05, 3.63) is 11.8 Å². The molecule has 0 N–H and O–H groups in total. The van der Waals surface area contributed by atoms with Gasteiger partial charge in [-0.2, -0.15) is 0 Å². The molecule has 0 fully saturated rings. The summed E-state index contributed by atoms with van der Waals surface area (Å²) < 4.78 is 30.3. The zero-order chi connectivity index (χ0) is 10.7. The predicted molar refractivity (Wildman–Crippen MR) is 48.9 cm³/mol. The van der Waals surface area contributed by atoms with Gasteiger partial charge in [-0.15, -0.1) is 5.10 Å². The molecule has 3 nitrogen and oxygen atoms in total. The first-order valence-corrected chi connectivity index (χ1v) is 4.44. The molecule has 1 rings (SSSR count). The molecule has 0 aliphatic carbocycles. The Morgan fingerprint density at radius 3 is 2.50 bits per heavy atom. The van der Waals surface area contributed by atoms with Crippen LogP contribution in [0.4, 0.5) is 8.78 Å². The van der Waals surface area contributed by atoms with E-state index in [0.29, 0.717) is 5.88 Å². The Morgan fingerprint density at radius 1 is 1.50 bits per heavy atom. The molecular weight excluding hydrogens is 190 g/mol. The lowest BCUT2D eigenvalue weighted by Crippen LogP contribution is -2.06. The Balaban J connectivity index is 2.89. The fraction of sp³-hybridized carbons (Fsp3) is 0.667. The van der Waals surface area contributed by atoms with Crippen LogP contribution in [-0.4, -0.2) is 23.3 Å². The van der Waals surface area contributed by atoms with Gasteiger partial charge in [-0.1, -0.05) is 13.8 Å². The van der Waals surface area contributed by atoms with E-state index in [2.05, 4.69) is 5.10 Å². The number of alkyl halides is 2. The lowest BCUT2D eigenvalue weighted by atomic mass is 10.1. The molecule has 1 aromatic rings. The molecule has 0 unspecified atom stereocenters. The summed E-state index contributed by atoms with van der Waals surface area (Å²) in [6.07, 6.45) is -0.782. The van der Waals surface area contributed by atoms with Crippen molar-refractivity contribution in [3.8, 4) is 5.88 Å². The first-order valence-electron chi connectivity index (χ1n) is 4.44. The van der Waals surface area contributed by atoms with Crippen molar-refractivity contribution in [1.29, 1.82) is 0 Å². The van der Waals surface area contributed by atoms with Crippen LogP contribution < -0.4 is 4.74 Å². The number of hydrogen-bond donors (Lipinski definition) is 0. The number of aromatic nitrogens is 2. The zero-order valence-corrected chi connectivity index (χ0v) is 8.50. The molecule has 1 heterocycles. The number of hydrogen-bond acceptors (Lipinski definition) is 2. The Hall–Kier alpha value is -1.13. The third kappa shape index (κ3) is 2.43. The van der Waals surface area contributed by atoms with Crippen molar-refractivity contribution < 1.29 is 13.5 Å². The number of methoxy groups -OCH3 is 1. The first-order chi connectivity index (χ1) is 6.54. The number of nitrogens with zero attached hydrogens (tertiary/aromatic N) is 2. The minimum Gasteiger partial charge on any atom is -0.480 e. The van der Waals surface area contributed by atoms with Gasteiger partial charge in [0.05, 0.1) is 7.11 Å². The maximum absolute atomic E-state index is 12.1. The minimum atomic E-state index is -2.39. The molecule has 0 aliphatic rings. The molecule has 0 aliphatic heterocycles. The van der Waals surface area contributed by atoms with Crippen molar-refractivity contribution in [2.45, 2.75) is 32.7 Å². The largest absolute Gasteiger partial charge is 0.480 e. The minimum absolute atomic E-state index is 0.219. The fourth-order valence-electron chi connectivity index (χ4n) is 1.21. The van der Waals surface area contributed by atoms with Gasteiger partial charge < -0.3 is 4.74 Å². The van der Waals surface area contributed by atoms with Crippen LogP contribution in [-0.2, 0) is 6.54 Å². The fourth-order valence-corrected chi connectivity index (χ4v) is 1.21. The summed E-state index contributed by atoms with van der Waals surface area (Å²) in [7, 11) is 1.49. The van der Waals surface area contributed by atoms with Crippen molar-refractivity contribution in [2.24, 2.45) is 0 Å². The highest BCUT2D eigenvalue weighted by molar-refractivity contribution is 5.26. The lowest BCUT2D eigenvalue weighted by Gasteiger charge is -2.01. The van der Waals surface area contributed by atoms with Crippen molar-refractivity contribution in [3.63, 3.8) is 0 Å². The Bertz CT molecular complexity index is 297.